The van der Waals surface area contributed by atoms with Crippen molar-refractivity contribution in [3.8, 4) is 0 Å². The molecular formula is C11H10N2O5. The molecule has 0 aliphatic carbocycles. The van der Waals surface area contributed by atoms with Crippen LogP contribution in [0.1, 0.15) is 10.6 Å². The minimum Gasteiger partial charge on any atom is -0.459 e. The summed E-state index contributed by atoms with van der Waals surface area (Å²) in [6.07, 6.45) is 0.793. The molecule has 7 nitrogen and oxygen atoms in total. The van der Waals surface area contributed by atoms with Crippen LogP contribution < -0.4 is 0 Å². The number of ether oxygens (including phenoxy) is 1. The smallest absolute Gasteiger partial charge is 0.417 e. The van der Waals surface area contributed by atoms with Gasteiger partial charge in [0, 0.05) is 13.1 Å². The van der Waals surface area contributed by atoms with Gasteiger partial charge in [-0.15, -0.1) is 0 Å². The largest absolute Gasteiger partial charge is 0.459 e. The van der Waals surface area contributed by atoms with Crippen LogP contribution in [0.2, 0.25) is 0 Å². The first kappa shape index (κ1) is 10.8. The van der Waals surface area contributed by atoms with Gasteiger partial charge in [-0.3, -0.25) is 9.59 Å². The average Bonchev–Trinajstić information content (AvgIpc) is 2.90. The fraction of sp³-hybridized carbons (Fsp3) is 0.364. The predicted octanol–water partition coefficient (Wildman–Crippen LogP) is 0.0828. The Bertz CT molecular complexity index is 488. The quantitative estimate of drug-likeness (QED) is 0.742. The third-order valence-electron chi connectivity index (χ3n) is 3.03. The van der Waals surface area contributed by atoms with Gasteiger partial charge in [-0.05, 0) is 12.1 Å². The Hall–Kier alpha value is -2.31. The van der Waals surface area contributed by atoms with Crippen molar-refractivity contribution < 1.29 is 23.5 Å². The van der Waals surface area contributed by atoms with Gasteiger partial charge in [-0.1, -0.05) is 0 Å². The summed E-state index contributed by atoms with van der Waals surface area (Å²) in [5.41, 5.74) is 0. The Labute approximate surface area is 102 Å². The Morgan fingerprint density at radius 2 is 2.11 bits per heavy atom. The van der Waals surface area contributed by atoms with Crippen LogP contribution in [0.3, 0.4) is 0 Å². The molecule has 0 saturated carbocycles. The van der Waals surface area contributed by atoms with Gasteiger partial charge in [0.2, 0.25) is 0 Å². The number of likely N-dealkylation sites (tertiary alicyclic amines) is 1. The van der Waals surface area contributed by atoms with Gasteiger partial charge in [0.25, 0.3) is 11.8 Å². The van der Waals surface area contributed by atoms with E-state index in [1.807, 2.05) is 0 Å². The number of carbonyl (C=O) groups is 3. The molecular weight excluding hydrogens is 240 g/mol. The van der Waals surface area contributed by atoms with Crippen molar-refractivity contribution in [3.05, 3.63) is 24.2 Å². The van der Waals surface area contributed by atoms with Gasteiger partial charge in [0.1, 0.15) is 0 Å². The molecule has 94 valence electrons. The summed E-state index contributed by atoms with van der Waals surface area (Å²) >= 11 is 0. The highest BCUT2D eigenvalue weighted by molar-refractivity contribution is 5.99. The summed E-state index contributed by atoms with van der Waals surface area (Å²) in [6.45, 7) is 0.433. The van der Waals surface area contributed by atoms with Crippen LogP contribution in [-0.2, 0) is 9.53 Å². The third-order valence-corrected chi connectivity index (χ3v) is 3.03. The number of nitrogens with zero attached hydrogens (tertiary/aromatic N) is 2. The molecule has 2 saturated heterocycles. The van der Waals surface area contributed by atoms with E-state index in [0.29, 0.717) is 13.1 Å². The molecule has 3 amide bonds. The molecule has 3 heterocycles. The molecule has 0 bridgehead atoms. The van der Waals surface area contributed by atoms with E-state index >= 15 is 0 Å². The molecule has 1 aromatic rings. The summed E-state index contributed by atoms with van der Waals surface area (Å²) < 4.78 is 9.61. The van der Waals surface area contributed by atoms with Crippen LogP contribution in [0.4, 0.5) is 4.79 Å². The SMILES string of the molecule is O=C(c1ccco1)N1CC(N2C(=O)COC2=O)C1. The molecule has 2 aliphatic heterocycles. The van der Waals surface area contributed by atoms with Gasteiger partial charge in [-0.25, -0.2) is 9.69 Å². The second-order valence-electron chi connectivity index (χ2n) is 4.16. The number of hydrogen-bond donors (Lipinski definition) is 0. The van der Waals surface area contributed by atoms with Gasteiger partial charge < -0.3 is 14.1 Å². The topological polar surface area (TPSA) is 80.1 Å². The molecule has 0 radical (unpaired) electrons. The molecule has 18 heavy (non-hydrogen) atoms. The monoisotopic (exact) mass is 250 g/mol. The van der Waals surface area contributed by atoms with Gasteiger partial charge in [0.15, 0.2) is 12.4 Å². The number of rotatable bonds is 2. The van der Waals surface area contributed by atoms with Gasteiger partial charge in [0.05, 0.1) is 12.3 Å². The molecule has 1 aromatic heterocycles. The fourth-order valence-electron chi connectivity index (χ4n) is 2.06. The second-order valence-corrected chi connectivity index (χ2v) is 4.16. The van der Waals surface area contributed by atoms with Crippen molar-refractivity contribution in [3.63, 3.8) is 0 Å². The van der Waals surface area contributed by atoms with Crippen molar-refractivity contribution in [2.45, 2.75) is 6.04 Å². The van der Waals surface area contributed by atoms with Gasteiger partial charge >= 0.3 is 6.09 Å². The first-order chi connectivity index (χ1) is 8.66. The van der Waals surface area contributed by atoms with E-state index in [-0.39, 0.29) is 30.2 Å². The zero-order valence-corrected chi connectivity index (χ0v) is 9.37. The van der Waals surface area contributed by atoms with Crippen molar-refractivity contribution in [2.24, 2.45) is 0 Å². The zero-order chi connectivity index (χ0) is 12.7. The lowest BCUT2D eigenvalue weighted by molar-refractivity contribution is -0.129. The summed E-state index contributed by atoms with van der Waals surface area (Å²) in [5.74, 6) is -0.338. The van der Waals surface area contributed by atoms with Crippen molar-refractivity contribution in [1.29, 1.82) is 0 Å². The lowest BCUT2D eigenvalue weighted by atomic mass is 10.1. The van der Waals surface area contributed by atoms with E-state index in [0.717, 1.165) is 4.90 Å². The Morgan fingerprint density at radius 1 is 1.33 bits per heavy atom. The number of furan rings is 1. The molecule has 0 spiro atoms. The normalized spacial score (nSPS) is 20.0. The maximum atomic E-state index is 11.8. The Kier molecular flexibility index (Phi) is 2.32. The van der Waals surface area contributed by atoms with Crippen molar-refractivity contribution in [2.75, 3.05) is 19.7 Å². The van der Waals surface area contributed by atoms with Gasteiger partial charge in [-0.2, -0.15) is 0 Å². The highest BCUT2D eigenvalue weighted by atomic mass is 16.6. The van der Waals surface area contributed by atoms with Crippen LogP contribution in [0.5, 0.6) is 0 Å². The van der Waals surface area contributed by atoms with E-state index in [1.165, 1.54) is 11.2 Å². The minimum atomic E-state index is -0.630. The summed E-state index contributed by atoms with van der Waals surface area (Å²) in [5, 5.41) is 0. The van der Waals surface area contributed by atoms with Crippen molar-refractivity contribution in [1.82, 2.24) is 9.80 Å². The van der Waals surface area contributed by atoms with E-state index < -0.39 is 6.09 Å². The van der Waals surface area contributed by atoms with E-state index in [9.17, 15) is 14.4 Å². The number of hydrogen-bond acceptors (Lipinski definition) is 5. The Morgan fingerprint density at radius 3 is 2.67 bits per heavy atom. The van der Waals surface area contributed by atoms with Crippen LogP contribution in [0, 0.1) is 0 Å². The molecule has 0 N–H and O–H groups in total. The average molecular weight is 250 g/mol. The van der Waals surface area contributed by atoms with Crippen molar-refractivity contribution >= 4 is 17.9 Å². The predicted molar refractivity (Wildman–Crippen MR) is 56.6 cm³/mol. The number of cyclic esters (lactones) is 1. The van der Waals surface area contributed by atoms with E-state index in [2.05, 4.69) is 4.74 Å². The highest BCUT2D eigenvalue weighted by Gasteiger charge is 2.44. The summed E-state index contributed by atoms with van der Waals surface area (Å²) in [6, 6.07) is 2.92. The number of imide groups is 1. The molecule has 2 aliphatic rings. The first-order valence-electron chi connectivity index (χ1n) is 5.48. The molecule has 3 rings (SSSR count). The van der Waals surface area contributed by atoms with E-state index in [1.54, 1.807) is 12.1 Å². The maximum Gasteiger partial charge on any atom is 0.417 e. The lowest BCUT2D eigenvalue weighted by Crippen LogP contribution is -2.62. The zero-order valence-electron chi connectivity index (χ0n) is 9.37. The third kappa shape index (κ3) is 1.55. The molecule has 0 unspecified atom stereocenters. The first-order valence-corrected chi connectivity index (χ1v) is 5.48. The van der Waals surface area contributed by atoms with Crippen LogP contribution in [-0.4, -0.2) is 53.4 Å². The molecule has 2 fully saturated rings. The molecule has 0 atom stereocenters. The lowest BCUT2D eigenvalue weighted by Gasteiger charge is -2.41. The summed E-state index contributed by atoms with van der Waals surface area (Å²) in [7, 11) is 0. The second kappa shape index (κ2) is 3.86. The maximum absolute atomic E-state index is 11.8. The molecule has 0 aromatic carbocycles. The van der Waals surface area contributed by atoms with Crippen LogP contribution in [0.15, 0.2) is 22.8 Å². The van der Waals surface area contributed by atoms with Crippen LogP contribution in [0.25, 0.3) is 0 Å². The number of amides is 3. The fourth-order valence-corrected chi connectivity index (χ4v) is 2.06. The Balaban J connectivity index is 1.62. The van der Waals surface area contributed by atoms with E-state index in [4.69, 9.17) is 4.42 Å². The minimum absolute atomic E-state index is 0.207. The highest BCUT2D eigenvalue weighted by Crippen LogP contribution is 2.21. The summed E-state index contributed by atoms with van der Waals surface area (Å²) in [4.78, 5) is 37.1. The number of carbonyl (C=O) groups excluding carboxylic acids is 3. The molecule has 7 heteroatoms. The van der Waals surface area contributed by atoms with Crippen LogP contribution >= 0.6 is 0 Å². The standard InChI is InChI=1S/C11H10N2O5/c14-9-6-18-11(16)13(9)7-4-12(5-7)10(15)8-2-1-3-17-8/h1-3,7H,4-6H2.